The molecule has 0 radical (unpaired) electrons. The standard InChI is InChI=1S/C16H26N2O2/c1-13(10-16-12-20-9-7-17-16)18-15-6-2-4-14(11-15)5-3-8-19/h2,4,6,11,13,16-19H,3,5,7-10,12H2,1H3. The van der Waals surface area contributed by atoms with Crippen LogP contribution < -0.4 is 10.6 Å². The van der Waals surface area contributed by atoms with Gasteiger partial charge in [0.05, 0.1) is 13.2 Å². The lowest BCUT2D eigenvalue weighted by atomic mass is 10.1. The maximum absolute atomic E-state index is 8.89. The van der Waals surface area contributed by atoms with Crippen LogP contribution in [0.4, 0.5) is 5.69 Å². The van der Waals surface area contributed by atoms with E-state index in [0.717, 1.165) is 44.7 Å². The quantitative estimate of drug-likeness (QED) is 0.712. The summed E-state index contributed by atoms with van der Waals surface area (Å²) in [4.78, 5) is 0. The number of rotatable bonds is 7. The summed E-state index contributed by atoms with van der Waals surface area (Å²) in [6, 6.07) is 9.32. The summed E-state index contributed by atoms with van der Waals surface area (Å²) >= 11 is 0. The zero-order chi connectivity index (χ0) is 14.2. The van der Waals surface area contributed by atoms with Gasteiger partial charge in [0.25, 0.3) is 0 Å². The molecule has 4 heteroatoms. The van der Waals surface area contributed by atoms with Gasteiger partial charge >= 0.3 is 0 Å². The first-order valence-electron chi connectivity index (χ1n) is 7.55. The van der Waals surface area contributed by atoms with Gasteiger partial charge in [-0.15, -0.1) is 0 Å². The molecule has 20 heavy (non-hydrogen) atoms. The molecular weight excluding hydrogens is 252 g/mol. The van der Waals surface area contributed by atoms with E-state index in [2.05, 4.69) is 41.8 Å². The van der Waals surface area contributed by atoms with Gasteiger partial charge in [-0.25, -0.2) is 0 Å². The van der Waals surface area contributed by atoms with Crippen LogP contribution in [0, 0.1) is 0 Å². The van der Waals surface area contributed by atoms with Crippen LogP contribution in [0.5, 0.6) is 0 Å². The number of hydrogen-bond donors (Lipinski definition) is 3. The van der Waals surface area contributed by atoms with E-state index in [0.29, 0.717) is 12.1 Å². The first-order chi connectivity index (χ1) is 9.78. The van der Waals surface area contributed by atoms with Gasteiger partial charge in [0.1, 0.15) is 0 Å². The van der Waals surface area contributed by atoms with Crippen LogP contribution in [-0.4, -0.2) is 43.6 Å². The molecule has 1 fully saturated rings. The zero-order valence-electron chi connectivity index (χ0n) is 12.3. The molecule has 2 unspecified atom stereocenters. The lowest BCUT2D eigenvalue weighted by Crippen LogP contribution is -2.43. The first-order valence-corrected chi connectivity index (χ1v) is 7.55. The predicted octanol–water partition coefficient (Wildman–Crippen LogP) is 1.79. The molecule has 2 atom stereocenters. The summed E-state index contributed by atoms with van der Waals surface area (Å²) in [6.45, 7) is 5.04. The summed E-state index contributed by atoms with van der Waals surface area (Å²) in [6.07, 6.45) is 2.81. The Morgan fingerprint density at radius 2 is 2.40 bits per heavy atom. The highest BCUT2D eigenvalue weighted by atomic mass is 16.5. The van der Waals surface area contributed by atoms with E-state index in [4.69, 9.17) is 9.84 Å². The minimum atomic E-state index is 0.251. The molecule has 1 aromatic rings. The molecule has 1 aromatic carbocycles. The Morgan fingerprint density at radius 1 is 1.50 bits per heavy atom. The maximum atomic E-state index is 8.89. The molecule has 0 aliphatic carbocycles. The minimum Gasteiger partial charge on any atom is -0.396 e. The summed E-state index contributed by atoms with van der Waals surface area (Å²) in [7, 11) is 0. The number of nitrogens with one attached hydrogen (secondary N) is 2. The molecule has 0 spiro atoms. The summed E-state index contributed by atoms with van der Waals surface area (Å²) in [5.41, 5.74) is 2.43. The Bertz CT molecular complexity index is 392. The Morgan fingerprint density at radius 3 is 3.15 bits per heavy atom. The molecule has 1 aliphatic heterocycles. The Hall–Kier alpha value is -1.10. The molecule has 0 saturated carbocycles. The Kier molecular flexibility index (Phi) is 6.30. The van der Waals surface area contributed by atoms with E-state index in [1.807, 2.05) is 0 Å². The molecule has 1 aliphatic rings. The van der Waals surface area contributed by atoms with E-state index in [9.17, 15) is 0 Å². The van der Waals surface area contributed by atoms with Gasteiger partial charge in [0.15, 0.2) is 0 Å². The van der Waals surface area contributed by atoms with Crippen molar-refractivity contribution in [3.05, 3.63) is 29.8 Å². The number of aryl methyl sites for hydroxylation is 1. The van der Waals surface area contributed by atoms with E-state index in [-0.39, 0.29) is 6.61 Å². The largest absolute Gasteiger partial charge is 0.396 e. The van der Waals surface area contributed by atoms with Crippen molar-refractivity contribution in [2.24, 2.45) is 0 Å². The van der Waals surface area contributed by atoms with Gasteiger partial charge in [-0.05, 0) is 43.9 Å². The van der Waals surface area contributed by atoms with Crippen LogP contribution in [0.2, 0.25) is 0 Å². The van der Waals surface area contributed by atoms with E-state index in [1.54, 1.807) is 0 Å². The number of aliphatic hydroxyl groups is 1. The SMILES string of the molecule is CC(CC1COCCN1)Nc1cccc(CCCO)c1. The van der Waals surface area contributed by atoms with Crippen molar-refractivity contribution in [1.29, 1.82) is 0 Å². The van der Waals surface area contributed by atoms with Crippen LogP contribution in [0.25, 0.3) is 0 Å². The molecular formula is C16H26N2O2. The number of morpholine rings is 1. The van der Waals surface area contributed by atoms with Crippen molar-refractivity contribution in [2.75, 3.05) is 31.7 Å². The smallest absolute Gasteiger partial charge is 0.0621 e. The number of ether oxygens (including phenoxy) is 1. The first kappa shape index (κ1) is 15.3. The molecule has 2 rings (SSSR count). The van der Waals surface area contributed by atoms with Crippen molar-refractivity contribution in [2.45, 2.75) is 38.3 Å². The summed E-state index contributed by atoms with van der Waals surface area (Å²) in [5, 5.41) is 15.9. The second-order valence-electron chi connectivity index (χ2n) is 5.53. The zero-order valence-corrected chi connectivity index (χ0v) is 12.3. The molecule has 1 saturated heterocycles. The highest BCUT2D eigenvalue weighted by Gasteiger charge is 2.16. The molecule has 0 aromatic heterocycles. The molecule has 1 heterocycles. The Balaban J connectivity index is 1.81. The van der Waals surface area contributed by atoms with Crippen LogP contribution in [0.1, 0.15) is 25.3 Å². The minimum absolute atomic E-state index is 0.251. The second-order valence-corrected chi connectivity index (χ2v) is 5.53. The lowest BCUT2D eigenvalue weighted by Gasteiger charge is -2.27. The van der Waals surface area contributed by atoms with Gasteiger partial charge in [0.2, 0.25) is 0 Å². The van der Waals surface area contributed by atoms with Gasteiger partial charge in [-0.2, -0.15) is 0 Å². The third kappa shape index (κ3) is 5.12. The van der Waals surface area contributed by atoms with Crippen LogP contribution >= 0.6 is 0 Å². The molecule has 3 N–H and O–H groups in total. The number of aliphatic hydroxyl groups excluding tert-OH is 1. The highest BCUT2D eigenvalue weighted by Crippen LogP contribution is 2.15. The van der Waals surface area contributed by atoms with Crippen LogP contribution in [-0.2, 0) is 11.2 Å². The van der Waals surface area contributed by atoms with Crippen LogP contribution in [0.15, 0.2) is 24.3 Å². The Labute approximate surface area is 121 Å². The van der Waals surface area contributed by atoms with E-state index >= 15 is 0 Å². The summed E-state index contributed by atoms with van der Waals surface area (Å²) < 4.78 is 5.48. The third-order valence-electron chi connectivity index (χ3n) is 3.60. The van der Waals surface area contributed by atoms with Gasteiger partial charge in [0, 0.05) is 30.9 Å². The predicted molar refractivity (Wildman–Crippen MR) is 82.2 cm³/mol. The van der Waals surface area contributed by atoms with Gasteiger partial charge < -0.3 is 20.5 Å². The van der Waals surface area contributed by atoms with Crippen molar-refractivity contribution < 1.29 is 9.84 Å². The average molecular weight is 278 g/mol. The van der Waals surface area contributed by atoms with Crippen LogP contribution in [0.3, 0.4) is 0 Å². The third-order valence-corrected chi connectivity index (χ3v) is 3.60. The fraction of sp³-hybridized carbons (Fsp3) is 0.625. The second kappa shape index (κ2) is 8.25. The number of anilines is 1. The van der Waals surface area contributed by atoms with Crippen molar-refractivity contribution in [1.82, 2.24) is 5.32 Å². The van der Waals surface area contributed by atoms with Gasteiger partial charge in [-0.3, -0.25) is 0 Å². The lowest BCUT2D eigenvalue weighted by molar-refractivity contribution is 0.0731. The molecule has 4 nitrogen and oxygen atoms in total. The molecule has 0 amide bonds. The normalized spacial score (nSPS) is 20.6. The van der Waals surface area contributed by atoms with E-state index < -0.39 is 0 Å². The fourth-order valence-electron chi connectivity index (χ4n) is 2.64. The number of benzene rings is 1. The molecule has 0 bridgehead atoms. The van der Waals surface area contributed by atoms with Crippen molar-refractivity contribution >= 4 is 5.69 Å². The maximum Gasteiger partial charge on any atom is 0.0621 e. The van der Waals surface area contributed by atoms with Crippen molar-refractivity contribution in [3.8, 4) is 0 Å². The average Bonchev–Trinajstić information content (AvgIpc) is 2.46. The topological polar surface area (TPSA) is 53.5 Å². The monoisotopic (exact) mass is 278 g/mol. The van der Waals surface area contributed by atoms with E-state index in [1.165, 1.54) is 5.56 Å². The molecule has 112 valence electrons. The highest BCUT2D eigenvalue weighted by molar-refractivity contribution is 5.46. The van der Waals surface area contributed by atoms with Gasteiger partial charge in [-0.1, -0.05) is 12.1 Å². The number of hydrogen-bond acceptors (Lipinski definition) is 4. The fourth-order valence-corrected chi connectivity index (χ4v) is 2.64. The summed E-state index contributed by atoms with van der Waals surface area (Å²) in [5.74, 6) is 0. The van der Waals surface area contributed by atoms with Crippen molar-refractivity contribution in [3.63, 3.8) is 0 Å².